The molecule has 0 unspecified atom stereocenters. The molecule has 0 heterocycles. The van der Waals surface area contributed by atoms with Crippen LogP contribution in [-0.4, -0.2) is 0 Å². The zero-order chi connectivity index (χ0) is 16.7. The molecule has 0 atom stereocenters. The summed E-state index contributed by atoms with van der Waals surface area (Å²) in [5.74, 6) is 0. The summed E-state index contributed by atoms with van der Waals surface area (Å²) in [4.78, 5) is 0. The molecule has 0 aliphatic carbocycles. The minimum atomic E-state index is -0.276. The molecular formula is C18H9N5. The van der Waals surface area contributed by atoms with Gasteiger partial charge < -0.3 is 5.32 Å². The van der Waals surface area contributed by atoms with Gasteiger partial charge in [0.2, 0.25) is 0 Å². The summed E-state index contributed by atoms with van der Waals surface area (Å²) >= 11 is 0. The van der Waals surface area contributed by atoms with Gasteiger partial charge in [-0.05, 0) is 23.8 Å². The quantitative estimate of drug-likeness (QED) is 0.872. The number of anilines is 1. The molecule has 1 N–H and O–H groups in total. The SMILES string of the molecule is N#CC(C#N)=C(C#N)Nc1ccccc1-c1ccc(C#N)cc1. The van der Waals surface area contributed by atoms with Crippen molar-refractivity contribution >= 4 is 5.69 Å². The first kappa shape index (κ1) is 15.3. The fraction of sp³-hybridized carbons (Fsp3) is 0. The Labute approximate surface area is 133 Å². The van der Waals surface area contributed by atoms with E-state index in [1.54, 1.807) is 48.5 Å². The number of nitrogens with one attached hydrogen (secondary N) is 1. The molecule has 0 spiro atoms. The van der Waals surface area contributed by atoms with Crippen LogP contribution in [0.4, 0.5) is 5.69 Å². The average Bonchev–Trinajstić information content (AvgIpc) is 2.62. The van der Waals surface area contributed by atoms with Gasteiger partial charge >= 0.3 is 0 Å². The molecular weight excluding hydrogens is 286 g/mol. The Balaban J connectivity index is 2.49. The molecule has 0 fully saturated rings. The van der Waals surface area contributed by atoms with E-state index >= 15 is 0 Å². The van der Waals surface area contributed by atoms with Crippen molar-refractivity contribution in [2.24, 2.45) is 0 Å². The molecule has 0 radical (unpaired) electrons. The molecule has 106 valence electrons. The number of benzene rings is 2. The molecule has 5 nitrogen and oxygen atoms in total. The Morgan fingerprint density at radius 1 is 0.783 bits per heavy atom. The topological polar surface area (TPSA) is 107 Å². The van der Waals surface area contributed by atoms with Crippen molar-refractivity contribution in [1.29, 1.82) is 21.0 Å². The molecule has 2 aromatic rings. The van der Waals surface area contributed by atoms with Crippen LogP contribution in [0.3, 0.4) is 0 Å². The molecule has 0 amide bonds. The van der Waals surface area contributed by atoms with Gasteiger partial charge in [-0.2, -0.15) is 21.0 Å². The summed E-state index contributed by atoms with van der Waals surface area (Å²) in [6.45, 7) is 0. The van der Waals surface area contributed by atoms with Gasteiger partial charge in [0.15, 0.2) is 5.57 Å². The van der Waals surface area contributed by atoms with Crippen LogP contribution in [0.5, 0.6) is 0 Å². The summed E-state index contributed by atoms with van der Waals surface area (Å²) in [6, 6.07) is 21.5. The van der Waals surface area contributed by atoms with Crippen molar-refractivity contribution in [2.75, 3.05) is 5.32 Å². The number of hydrogen-bond acceptors (Lipinski definition) is 5. The standard InChI is InChI=1S/C18H9N5/c19-9-13-5-7-14(8-6-13)16-3-1-2-4-17(16)23-18(12-22)15(10-20)11-21/h1-8,23H. The van der Waals surface area contributed by atoms with Crippen LogP contribution in [0.2, 0.25) is 0 Å². The van der Waals surface area contributed by atoms with Crippen LogP contribution in [0, 0.1) is 45.3 Å². The van der Waals surface area contributed by atoms with Gasteiger partial charge in [-0.15, -0.1) is 0 Å². The minimum absolute atomic E-state index is 0.101. The van der Waals surface area contributed by atoms with E-state index in [2.05, 4.69) is 11.4 Å². The first-order valence-electron chi connectivity index (χ1n) is 6.54. The molecule has 2 aromatic carbocycles. The third kappa shape index (κ3) is 3.34. The summed E-state index contributed by atoms with van der Waals surface area (Å²) in [6.07, 6.45) is 0. The van der Waals surface area contributed by atoms with Crippen molar-refractivity contribution in [2.45, 2.75) is 0 Å². The molecule has 2 rings (SSSR count). The lowest BCUT2D eigenvalue weighted by atomic mass is 10.0. The van der Waals surface area contributed by atoms with Crippen molar-refractivity contribution in [3.8, 4) is 35.4 Å². The molecule has 0 bridgehead atoms. The molecule has 23 heavy (non-hydrogen) atoms. The zero-order valence-electron chi connectivity index (χ0n) is 11.9. The first-order valence-corrected chi connectivity index (χ1v) is 6.54. The van der Waals surface area contributed by atoms with Crippen LogP contribution < -0.4 is 5.32 Å². The van der Waals surface area contributed by atoms with Crippen molar-refractivity contribution in [3.05, 3.63) is 65.4 Å². The van der Waals surface area contributed by atoms with E-state index in [0.717, 1.165) is 11.1 Å². The second kappa shape index (κ2) is 7.09. The maximum atomic E-state index is 9.14. The predicted molar refractivity (Wildman–Crippen MR) is 84.1 cm³/mol. The highest BCUT2D eigenvalue weighted by molar-refractivity contribution is 5.80. The maximum absolute atomic E-state index is 9.14. The van der Waals surface area contributed by atoms with E-state index in [4.69, 9.17) is 21.0 Å². The Kier molecular flexibility index (Phi) is 4.73. The van der Waals surface area contributed by atoms with Gasteiger partial charge in [-0.1, -0.05) is 30.3 Å². The lowest BCUT2D eigenvalue weighted by Gasteiger charge is -2.11. The molecule has 0 saturated carbocycles. The molecule has 0 aliphatic heterocycles. The monoisotopic (exact) mass is 295 g/mol. The van der Waals surface area contributed by atoms with Gasteiger partial charge in [0.05, 0.1) is 11.6 Å². The maximum Gasteiger partial charge on any atom is 0.163 e. The van der Waals surface area contributed by atoms with Crippen molar-refractivity contribution < 1.29 is 0 Å². The van der Waals surface area contributed by atoms with Gasteiger partial charge in [0.25, 0.3) is 0 Å². The van der Waals surface area contributed by atoms with Gasteiger partial charge in [0.1, 0.15) is 23.9 Å². The lowest BCUT2D eigenvalue weighted by Crippen LogP contribution is -2.02. The van der Waals surface area contributed by atoms with Gasteiger partial charge in [-0.25, -0.2) is 0 Å². The molecule has 5 heteroatoms. The summed E-state index contributed by atoms with van der Waals surface area (Å²) in [7, 11) is 0. The number of nitrogens with zero attached hydrogens (tertiary/aromatic N) is 4. The predicted octanol–water partition coefficient (Wildman–Crippen LogP) is 3.46. The minimum Gasteiger partial charge on any atom is -0.345 e. The van der Waals surface area contributed by atoms with Crippen LogP contribution >= 0.6 is 0 Å². The molecule has 0 aliphatic rings. The van der Waals surface area contributed by atoms with Gasteiger partial charge in [-0.3, -0.25) is 0 Å². The highest BCUT2D eigenvalue weighted by Crippen LogP contribution is 2.29. The fourth-order valence-electron chi connectivity index (χ4n) is 1.99. The number of hydrogen-bond donors (Lipinski definition) is 1. The molecule has 0 saturated heterocycles. The highest BCUT2D eigenvalue weighted by Gasteiger charge is 2.10. The molecule has 0 aromatic heterocycles. The van der Waals surface area contributed by atoms with Gasteiger partial charge in [0, 0.05) is 11.3 Å². The lowest BCUT2D eigenvalue weighted by molar-refractivity contribution is 1.37. The highest BCUT2D eigenvalue weighted by atomic mass is 14.9. The number of rotatable bonds is 3. The second-order valence-corrected chi connectivity index (χ2v) is 4.45. The number of allylic oxidation sites excluding steroid dienone is 2. The number of para-hydroxylation sites is 1. The normalized spacial score (nSPS) is 8.70. The Morgan fingerprint density at radius 3 is 2.00 bits per heavy atom. The number of nitriles is 4. The van der Waals surface area contributed by atoms with Crippen LogP contribution in [-0.2, 0) is 0 Å². The largest absolute Gasteiger partial charge is 0.345 e. The zero-order valence-corrected chi connectivity index (χ0v) is 11.9. The van der Waals surface area contributed by atoms with E-state index in [9.17, 15) is 0 Å². The third-order valence-corrected chi connectivity index (χ3v) is 3.10. The van der Waals surface area contributed by atoms with E-state index in [0.29, 0.717) is 11.3 Å². The van der Waals surface area contributed by atoms with Crippen molar-refractivity contribution in [1.82, 2.24) is 0 Å². The smallest absolute Gasteiger partial charge is 0.163 e. The summed E-state index contributed by atoms with van der Waals surface area (Å²) in [5, 5.41) is 38.6. The third-order valence-electron chi connectivity index (χ3n) is 3.10. The van der Waals surface area contributed by atoms with Crippen LogP contribution in [0.25, 0.3) is 11.1 Å². The summed E-state index contributed by atoms with van der Waals surface area (Å²) < 4.78 is 0. The first-order chi connectivity index (χ1) is 11.2. The van der Waals surface area contributed by atoms with Crippen LogP contribution in [0.15, 0.2) is 59.8 Å². The Hall–Kier alpha value is -4.06. The van der Waals surface area contributed by atoms with E-state index in [1.807, 2.05) is 18.2 Å². The Bertz CT molecular complexity index is 910. The van der Waals surface area contributed by atoms with E-state index in [1.165, 1.54) is 0 Å². The Morgan fingerprint density at radius 2 is 1.43 bits per heavy atom. The van der Waals surface area contributed by atoms with E-state index in [-0.39, 0.29) is 11.3 Å². The average molecular weight is 295 g/mol. The van der Waals surface area contributed by atoms with Crippen molar-refractivity contribution in [3.63, 3.8) is 0 Å². The summed E-state index contributed by atoms with van der Waals surface area (Å²) in [5.41, 5.74) is 2.41. The second-order valence-electron chi connectivity index (χ2n) is 4.45. The van der Waals surface area contributed by atoms with Crippen LogP contribution in [0.1, 0.15) is 5.56 Å². The fourth-order valence-corrected chi connectivity index (χ4v) is 1.99. The van der Waals surface area contributed by atoms with E-state index < -0.39 is 0 Å².